The molecule has 0 aliphatic carbocycles. The molecule has 0 radical (unpaired) electrons. The normalized spacial score (nSPS) is 10.7. The molecule has 0 aromatic heterocycles. The van der Waals surface area contributed by atoms with Crippen LogP contribution in [-0.4, -0.2) is 5.78 Å². The molecule has 138 valence electrons. The van der Waals surface area contributed by atoms with E-state index in [0.717, 1.165) is 27.9 Å². The van der Waals surface area contributed by atoms with Crippen LogP contribution >= 0.6 is 79.6 Å². The van der Waals surface area contributed by atoms with E-state index in [4.69, 9.17) is 4.74 Å². The second kappa shape index (κ2) is 9.35. The Labute approximate surface area is 199 Å². The van der Waals surface area contributed by atoms with Crippen molar-refractivity contribution in [3.63, 3.8) is 0 Å². The van der Waals surface area contributed by atoms with Crippen molar-refractivity contribution in [2.75, 3.05) is 0 Å². The molecule has 3 aromatic carbocycles. The third-order valence-electron chi connectivity index (χ3n) is 3.65. The summed E-state index contributed by atoms with van der Waals surface area (Å²) in [5, 5.41) is 0. The molecule has 3 aromatic rings. The maximum atomic E-state index is 12.6. The Morgan fingerprint density at radius 3 is 1.81 bits per heavy atom. The van der Waals surface area contributed by atoms with Crippen LogP contribution < -0.4 is 4.74 Å². The van der Waals surface area contributed by atoms with Crippen LogP contribution in [0.25, 0.3) is 0 Å². The van der Waals surface area contributed by atoms with Crippen LogP contribution in [0, 0.1) is 0 Å². The smallest absolute Gasteiger partial charge is 0.167 e. The van der Waals surface area contributed by atoms with Gasteiger partial charge in [-0.2, -0.15) is 0 Å². The van der Waals surface area contributed by atoms with Gasteiger partial charge >= 0.3 is 0 Å². The second-order valence-corrected chi connectivity index (χ2v) is 10.2. The average molecular weight is 683 g/mol. The number of ketones is 1. The zero-order valence-electron chi connectivity index (χ0n) is 13.6. The largest absolute Gasteiger partial charge is 0.455 e. The van der Waals surface area contributed by atoms with Gasteiger partial charge in [-0.05, 0) is 92.0 Å². The van der Waals surface area contributed by atoms with E-state index in [-0.39, 0.29) is 5.78 Å². The second-order valence-electron chi connectivity index (χ2n) is 5.70. The number of ether oxygens (including phenoxy) is 1. The summed E-state index contributed by atoms with van der Waals surface area (Å²) in [5.41, 5.74) is 1.59. The molecule has 27 heavy (non-hydrogen) atoms. The number of halogens is 5. The van der Waals surface area contributed by atoms with Gasteiger partial charge < -0.3 is 4.74 Å². The first kappa shape index (κ1) is 21.2. The lowest BCUT2D eigenvalue weighted by Crippen LogP contribution is -2.03. The molecule has 0 saturated carbocycles. The third-order valence-corrected chi connectivity index (χ3v) is 6.20. The molecular weight excluding hydrogens is 672 g/mol. The number of hydrogen-bond acceptors (Lipinski definition) is 2. The SMILES string of the molecule is O=C(Cc1cc(Br)cc(Br)c1)c1ccc(Oc2c(Br)cc(Br)cc2Br)cc1. The summed E-state index contributed by atoms with van der Waals surface area (Å²) in [6, 6.07) is 16.8. The van der Waals surface area contributed by atoms with Crippen LogP contribution in [-0.2, 0) is 6.42 Å². The molecule has 3 rings (SSSR count). The van der Waals surface area contributed by atoms with Crippen molar-refractivity contribution >= 4 is 85.4 Å². The van der Waals surface area contributed by atoms with E-state index in [0.29, 0.717) is 23.5 Å². The molecule has 0 atom stereocenters. The number of hydrogen-bond donors (Lipinski definition) is 0. The van der Waals surface area contributed by atoms with Crippen LogP contribution in [0.2, 0.25) is 0 Å². The minimum absolute atomic E-state index is 0.0533. The van der Waals surface area contributed by atoms with Gasteiger partial charge in [0, 0.05) is 25.4 Å². The molecule has 0 bridgehead atoms. The zero-order chi connectivity index (χ0) is 19.6. The van der Waals surface area contributed by atoms with E-state index in [9.17, 15) is 4.79 Å². The molecule has 0 unspecified atom stereocenters. The lowest BCUT2D eigenvalue weighted by molar-refractivity contribution is 0.0993. The maximum Gasteiger partial charge on any atom is 0.167 e. The predicted molar refractivity (Wildman–Crippen MR) is 126 cm³/mol. The number of benzene rings is 3. The van der Waals surface area contributed by atoms with Crippen molar-refractivity contribution in [2.24, 2.45) is 0 Å². The van der Waals surface area contributed by atoms with Crippen molar-refractivity contribution in [1.29, 1.82) is 0 Å². The highest BCUT2D eigenvalue weighted by molar-refractivity contribution is 9.12. The van der Waals surface area contributed by atoms with E-state index >= 15 is 0 Å². The van der Waals surface area contributed by atoms with Gasteiger partial charge in [0.15, 0.2) is 11.5 Å². The van der Waals surface area contributed by atoms with E-state index < -0.39 is 0 Å². The minimum atomic E-state index is 0.0533. The monoisotopic (exact) mass is 678 g/mol. The fraction of sp³-hybridized carbons (Fsp3) is 0.0500. The molecule has 0 fully saturated rings. The first-order valence-corrected chi connectivity index (χ1v) is 11.7. The summed E-state index contributed by atoms with van der Waals surface area (Å²) in [5.74, 6) is 1.38. The summed E-state index contributed by atoms with van der Waals surface area (Å²) in [6.07, 6.45) is 0.335. The Balaban J connectivity index is 1.74. The van der Waals surface area contributed by atoms with Crippen molar-refractivity contribution in [1.82, 2.24) is 0 Å². The Morgan fingerprint density at radius 2 is 1.26 bits per heavy atom. The molecule has 0 spiro atoms. The van der Waals surface area contributed by atoms with Gasteiger partial charge in [0.05, 0.1) is 8.95 Å². The fourth-order valence-electron chi connectivity index (χ4n) is 2.45. The van der Waals surface area contributed by atoms with Crippen molar-refractivity contribution in [2.45, 2.75) is 6.42 Å². The van der Waals surface area contributed by atoms with E-state index in [2.05, 4.69) is 79.6 Å². The molecular formula is C20H11Br5O2. The van der Waals surface area contributed by atoms with Crippen LogP contribution in [0.15, 0.2) is 77.0 Å². The summed E-state index contributed by atoms with van der Waals surface area (Å²) >= 11 is 17.3. The quantitative estimate of drug-likeness (QED) is 0.252. The van der Waals surface area contributed by atoms with E-state index in [1.807, 2.05) is 30.3 Å². The lowest BCUT2D eigenvalue weighted by atomic mass is 10.0. The highest BCUT2D eigenvalue weighted by atomic mass is 79.9. The molecule has 0 saturated heterocycles. The fourth-order valence-corrected chi connectivity index (χ4v) is 6.26. The highest BCUT2D eigenvalue weighted by Crippen LogP contribution is 2.39. The van der Waals surface area contributed by atoms with Crippen LogP contribution in [0.1, 0.15) is 15.9 Å². The van der Waals surface area contributed by atoms with Gasteiger partial charge in [-0.3, -0.25) is 4.79 Å². The van der Waals surface area contributed by atoms with Gasteiger partial charge in [-0.25, -0.2) is 0 Å². The van der Waals surface area contributed by atoms with Gasteiger partial charge in [0.1, 0.15) is 5.75 Å². The van der Waals surface area contributed by atoms with E-state index in [1.54, 1.807) is 24.3 Å². The summed E-state index contributed by atoms with van der Waals surface area (Å²) < 4.78 is 10.4. The Hall–Kier alpha value is -0.470. The Kier molecular flexibility index (Phi) is 7.36. The Morgan fingerprint density at radius 1 is 0.741 bits per heavy atom. The number of rotatable bonds is 5. The van der Waals surface area contributed by atoms with Crippen LogP contribution in [0.4, 0.5) is 0 Å². The van der Waals surface area contributed by atoms with Crippen molar-refractivity contribution < 1.29 is 9.53 Å². The first-order valence-electron chi connectivity index (χ1n) is 7.72. The van der Waals surface area contributed by atoms with Crippen LogP contribution in [0.3, 0.4) is 0 Å². The van der Waals surface area contributed by atoms with Gasteiger partial charge in [-0.15, -0.1) is 0 Å². The van der Waals surface area contributed by atoms with Crippen molar-refractivity contribution in [3.05, 3.63) is 88.1 Å². The summed E-state index contributed by atoms with van der Waals surface area (Å²) in [7, 11) is 0. The predicted octanol–water partition coefficient (Wildman–Crippen LogP) is 8.72. The molecule has 2 nitrogen and oxygen atoms in total. The highest BCUT2D eigenvalue weighted by Gasteiger charge is 2.12. The van der Waals surface area contributed by atoms with Crippen molar-refractivity contribution in [3.8, 4) is 11.5 Å². The number of carbonyl (C=O) groups is 1. The molecule has 0 aliphatic heterocycles. The molecule has 0 heterocycles. The molecule has 7 heteroatoms. The van der Waals surface area contributed by atoms with Gasteiger partial charge in [0.2, 0.25) is 0 Å². The molecule has 0 aliphatic rings. The van der Waals surface area contributed by atoms with Crippen LogP contribution in [0.5, 0.6) is 11.5 Å². The van der Waals surface area contributed by atoms with Gasteiger partial charge in [-0.1, -0.05) is 47.8 Å². The average Bonchev–Trinajstić information content (AvgIpc) is 2.57. The maximum absolute atomic E-state index is 12.6. The summed E-state index contributed by atoms with van der Waals surface area (Å²) in [6.45, 7) is 0. The standard InChI is InChI=1S/C20H11Br5O2/c21-13-5-11(6-14(22)8-13)7-19(26)12-1-3-16(4-2-12)27-20-17(24)9-15(23)10-18(20)25/h1-6,8-10H,7H2. The number of Topliss-reactive ketones (excluding diaryl/α,β-unsaturated/α-hetero) is 1. The van der Waals surface area contributed by atoms with Gasteiger partial charge in [0.25, 0.3) is 0 Å². The van der Waals surface area contributed by atoms with E-state index in [1.165, 1.54) is 0 Å². The molecule has 0 N–H and O–H groups in total. The summed E-state index contributed by atoms with van der Waals surface area (Å²) in [4.78, 5) is 12.6. The minimum Gasteiger partial charge on any atom is -0.455 e. The zero-order valence-corrected chi connectivity index (χ0v) is 21.5. The molecule has 0 amide bonds. The first-order chi connectivity index (χ1) is 12.8. The topological polar surface area (TPSA) is 26.3 Å². The number of carbonyl (C=O) groups excluding carboxylic acids is 1. The third kappa shape index (κ3) is 5.76. The Bertz CT molecular complexity index is 956. The lowest BCUT2D eigenvalue weighted by Gasteiger charge is -2.11.